The van der Waals surface area contributed by atoms with E-state index in [0.29, 0.717) is 5.78 Å². The molecule has 0 heterocycles. The summed E-state index contributed by atoms with van der Waals surface area (Å²) in [6.07, 6.45) is 2.96. The fourth-order valence-electron chi connectivity index (χ4n) is 0.950. The first kappa shape index (κ1) is 5.54. The van der Waals surface area contributed by atoms with E-state index in [4.69, 9.17) is 0 Å². The summed E-state index contributed by atoms with van der Waals surface area (Å²) in [6, 6.07) is 0. The fraction of sp³-hybridized carbons (Fsp3) is 0.571. The first-order valence-electron chi connectivity index (χ1n) is 2.93. The fourth-order valence-corrected chi connectivity index (χ4v) is 0.950. The van der Waals surface area contributed by atoms with Crippen LogP contribution in [-0.2, 0) is 4.79 Å². The molecule has 0 N–H and O–H groups in total. The van der Waals surface area contributed by atoms with Crippen molar-refractivity contribution in [1.82, 2.24) is 0 Å². The molecule has 1 nitrogen and oxygen atoms in total. The molecule has 8 heavy (non-hydrogen) atoms. The van der Waals surface area contributed by atoms with Gasteiger partial charge in [0.1, 0.15) is 0 Å². The highest BCUT2D eigenvalue weighted by atomic mass is 16.1. The van der Waals surface area contributed by atoms with Gasteiger partial charge in [-0.3, -0.25) is 4.79 Å². The molecule has 1 atom stereocenters. The minimum Gasteiger partial charge on any atom is -0.294 e. The zero-order valence-corrected chi connectivity index (χ0v) is 5.27. The number of hydrogen-bond donors (Lipinski definition) is 0. The Bertz CT molecular complexity index is 144. The SMILES string of the molecule is CC1=CC[C@H](C)C1=O. The van der Waals surface area contributed by atoms with E-state index in [1.54, 1.807) is 0 Å². The average molecular weight is 110 g/mol. The molecule has 0 aromatic carbocycles. The summed E-state index contributed by atoms with van der Waals surface area (Å²) in [6.45, 7) is 3.85. The van der Waals surface area contributed by atoms with E-state index in [1.165, 1.54) is 0 Å². The molecule has 44 valence electrons. The molecule has 0 amide bonds. The minimum absolute atomic E-state index is 0.259. The first-order chi connectivity index (χ1) is 3.72. The van der Waals surface area contributed by atoms with Gasteiger partial charge in [-0.2, -0.15) is 0 Å². The summed E-state index contributed by atoms with van der Waals surface area (Å²) in [5, 5.41) is 0. The molecule has 0 unspecified atom stereocenters. The zero-order valence-electron chi connectivity index (χ0n) is 5.27. The van der Waals surface area contributed by atoms with Crippen LogP contribution >= 0.6 is 0 Å². The molecule has 0 aromatic heterocycles. The van der Waals surface area contributed by atoms with Crippen LogP contribution in [0.1, 0.15) is 20.3 Å². The molecule has 0 aromatic rings. The second-order valence-electron chi connectivity index (χ2n) is 2.39. The first-order valence-corrected chi connectivity index (χ1v) is 2.93. The van der Waals surface area contributed by atoms with Crippen molar-refractivity contribution in [3.05, 3.63) is 11.6 Å². The van der Waals surface area contributed by atoms with Gasteiger partial charge in [-0.1, -0.05) is 13.0 Å². The summed E-state index contributed by atoms with van der Waals surface area (Å²) in [5.74, 6) is 0.583. The van der Waals surface area contributed by atoms with Gasteiger partial charge in [0.05, 0.1) is 0 Å². The van der Waals surface area contributed by atoms with E-state index in [1.807, 2.05) is 19.9 Å². The molecule has 1 heteroatoms. The molecule has 0 spiro atoms. The van der Waals surface area contributed by atoms with Crippen LogP contribution in [0.15, 0.2) is 11.6 Å². The van der Waals surface area contributed by atoms with Crippen LogP contribution in [0.5, 0.6) is 0 Å². The Balaban J connectivity index is 2.73. The number of carbonyl (C=O) groups is 1. The van der Waals surface area contributed by atoms with Crippen LogP contribution in [0.2, 0.25) is 0 Å². The van der Waals surface area contributed by atoms with Crippen molar-refractivity contribution in [3.8, 4) is 0 Å². The maximum Gasteiger partial charge on any atom is 0.161 e. The quantitative estimate of drug-likeness (QED) is 0.462. The second-order valence-corrected chi connectivity index (χ2v) is 2.39. The van der Waals surface area contributed by atoms with E-state index in [2.05, 4.69) is 0 Å². The monoisotopic (exact) mass is 110 g/mol. The molecule has 1 aliphatic rings. The van der Waals surface area contributed by atoms with Crippen LogP contribution in [0, 0.1) is 5.92 Å². The van der Waals surface area contributed by atoms with Crippen LogP contribution in [0.4, 0.5) is 0 Å². The van der Waals surface area contributed by atoms with Crippen LogP contribution in [-0.4, -0.2) is 5.78 Å². The van der Waals surface area contributed by atoms with E-state index in [9.17, 15) is 4.79 Å². The molecule has 0 radical (unpaired) electrons. The lowest BCUT2D eigenvalue weighted by atomic mass is 10.1. The highest BCUT2D eigenvalue weighted by Gasteiger charge is 2.18. The molecule has 0 bridgehead atoms. The van der Waals surface area contributed by atoms with Gasteiger partial charge in [0.15, 0.2) is 5.78 Å². The maximum absolute atomic E-state index is 10.8. The number of carbonyl (C=O) groups excluding carboxylic acids is 1. The third-order valence-electron chi connectivity index (χ3n) is 1.61. The maximum atomic E-state index is 10.8. The highest BCUT2D eigenvalue weighted by molar-refractivity contribution is 5.98. The Morgan fingerprint density at radius 3 is 2.50 bits per heavy atom. The highest BCUT2D eigenvalue weighted by Crippen LogP contribution is 2.18. The molecule has 0 fully saturated rings. The van der Waals surface area contributed by atoms with Gasteiger partial charge in [-0.05, 0) is 18.9 Å². The molecular formula is C7H10O. The molecule has 0 aliphatic heterocycles. The van der Waals surface area contributed by atoms with Crippen LogP contribution < -0.4 is 0 Å². The van der Waals surface area contributed by atoms with Crippen LogP contribution in [0.3, 0.4) is 0 Å². The standard InChI is InChI=1S/C7H10O/c1-5-3-4-6(2)7(5)8/h3,6H,4H2,1-2H3/t6-/m0/s1. The molecule has 0 saturated carbocycles. The lowest BCUT2D eigenvalue weighted by molar-refractivity contribution is -0.117. The summed E-state index contributed by atoms with van der Waals surface area (Å²) >= 11 is 0. The largest absolute Gasteiger partial charge is 0.294 e. The van der Waals surface area contributed by atoms with Gasteiger partial charge in [0, 0.05) is 5.92 Å². The van der Waals surface area contributed by atoms with E-state index in [-0.39, 0.29) is 5.92 Å². The Morgan fingerprint density at radius 1 is 1.75 bits per heavy atom. The Labute approximate surface area is 49.4 Å². The lowest BCUT2D eigenvalue weighted by Gasteiger charge is -1.94. The number of hydrogen-bond acceptors (Lipinski definition) is 1. The Hall–Kier alpha value is -0.590. The van der Waals surface area contributed by atoms with Crippen molar-refractivity contribution in [2.45, 2.75) is 20.3 Å². The molecule has 0 saturated heterocycles. The second kappa shape index (κ2) is 1.73. The van der Waals surface area contributed by atoms with Gasteiger partial charge < -0.3 is 0 Å². The van der Waals surface area contributed by atoms with Crippen molar-refractivity contribution in [2.75, 3.05) is 0 Å². The summed E-state index contributed by atoms with van der Waals surface area (Å²) in [4.78, 5) is 10.8. The van der Waals surface area contributed by atoms with Crippen LogP contribution in [0.25, 0.3) is 0 Å². The third kappa shape index (κ3) is 0.683. The van der Waals surface area contributed by atoms with Crippen molar-refractivity contribution in [3.63, 3.8) is 0 Å². The van der Waals surface area contributed by atoms with Gasteiger partial charge in [0.25, 0.3) is 0 Å². The van der Waals surface area contributed by atoms with Gasteiger partial charge >= 0.3 is 0 Å². The zero-order chi connectivity index (χ0) is 6.15. The topological polar surface area (TPSA) is 17.1 Å². The predicted octanol–water partition coefficient (Wildman–Crippen LogP) is 1.54. The smallest absolute Gasteiger partial charge is 0.161 e. The normalized spacial score (nSPS) is 28.5. The van der Waals surface area contributed by atoms with Crippen molar-refractivity contribution in [2.24, 2.45) is 5.92 Å². The van der Waals surface area contributed by atoms with Gasteiger partial charge in [0.2, 0.25) is 0 Å². The van der Waals surface area contributed by atoms with E-state index in [0.717, 1.165) is 12.0 Å². The molecule has 1 rings (SSSR count). The predicted molar refractivity (Wildman–Crippen MR) is 32.5 cm³/mol. The van der Waals surface area contributed by atoms with E-state index < -0.39 is 0 Å². The summed E-state index contributed by atoms with van der Waals surface area (Å²) in [7, 11) is 0. The van der Waals surface area contributed by atoms with Gasteiger partial charge in [-0.15, -0.1) is 0 Å². The summed E-state index contributed by atoms with van der Waals surface area (Å²) < 4.78 is 0. The van der Waals surface area contributed by atoms with Gasteiger partial charge in [-0.25, -0.2) is 0 Å². The lowest BCUT2D eigenvalue weighted by Crippen LogP contribution is -2.03. The van der Waals surface area contributed by atoms with Crippen molar-refractivity contribution < 1.29 is 4.79 Å². The number of rotatable bonds is 0. The third-order valence-corrected chi connectivity index (χ3v) is 1.61. The van der Waals surface area contributed by atoms with Crippen molar-refractivity contribution >= 4 is 5.78 Å². The molecule has 1 aliphatic carbocycles. The molecular weight excluding hydrogens is 100 g/mol. The summed E-state index contributed by atoms with van der Waals surface area (Å²) in [5.41, 5.74) is 0.942. The van der Waals surface area contributed by atoms with E-state index >= 15 is 0 Å². The van der Waals surface area contributed by atoms with Crippen molar-refractivity contribution in [1.29, 1.82) is 0 Å². The average Bonchev–Trinajstić information content (AvgIpc) is 1.98. The Morgan fingerprint density at radius 2 is 2.38 bits per heavy atom. The number of ketones is 1. The number of allylic oxidation sites excluding steroid dienone is 2. The Kier molecular flexibility index (Phi) is 1.20. The minimum atomic E-state index is 0.259. The number of Topliss-reactive ketones (excluding diaryl/α,β-unsaturated/α-hetero) is 1.